The molecule has 0 spiro atoms. The highest BCUT2D eigenvalue weighted by Crippen LogP contribution is 2.28. The van der Waals surface area contributed by atoms with Crippen molar-refractivity contribution in [1.82, 2.24) is 10.3 Å². The molecule has 0 unspecified atom stereocenters. The van der Waals surface area contributed by atoms with Crippen LogP contribution >= 0.6 is 0 Å². The van der Waals surface area contributed by atoms with Gasteiger partial charge >= 0.3 is 0 Å². The predicted octanol–water partition coefficient (Wildman–Crippen LogP) is 2.63. The Kier molecular flexibility index (Phi) is 2.65. The molecule has 1 atom stereocenters. The molecule has 0 bridgehead atoms. The molecule has 1 aromatic heterocycles. The zero-order valence-corrected chi connectivity index (χ0v) is 9.98. The summed E-state index contributed by atoms with van der Waals surface area (Å²) in [5.74, 6) is 0. The van der Waals surface area contributed by atoms with Gasteiger partial charge in [0.1, 0.15) is 0 Å². The van der Waals surface area contributed by atoms with Crippen molar-refractivity contribution in [2.24, 2.45) is 0 Å². The van der Waals surface area contributed by atoms with Crippen LogP contribution in [-0.2, 0) is 6.42 Å². The minimum atomic E-state index is 0.299. The summed E-state index contributed by atoms with van der Waals surface area (Å²) in [4.78, 5) is 4.21. The lowest BCUT2D eigenvalue weighted by atomic mass is 9.89. The van der Waals surface area contributed by atoms with Gasteiger partial charge in [0.15, 0.2) is 0 Å². The highest BCUT2D eigenvalue weighted by Gasteiger charge is 2.20. The first-order valence-electron chi connectivity index (χ1n) is 6.07. The Bertz CT molecular complexity index is 520. The molecule has 0 amide bonds. The van der Waals surface area contributed by atoms with E-state index in [9.17, 15) is 0 Å². The fraction of sp³-hybridized carbons (Fsp3) is 0.267. The van der Waals surface area contributed by atoms with Gasteiger partial charge in [-0.15, -0.1) is 0 Å². The lowest BCUT2D eigenvalue weighted by molar-refractivity contribution is 0.566. The van der Waals surface area contributed by atoms with Crippen LogP contribution < -0.4 is 5.32 Å². The van der Waals surface area contributed by atoms with Crippen molar-refractivity contribution in [3.8, 4) is 0 Å². The van der Waals surface area contributed by atoms with E-state index in [0.717, 1.165) is 13.0 Å². The average Bonchev–Trinajstić information content (AvgIpc) is 2.39. The fourth-order valence-corrected chi connectivity index (χ4v) is 2.54. The molecular formula is C15H16N2. The van der Waals surface area contributed by atoms with Crippen molar-refractivity contribution < 1.29 is 0 Å². The summed E-state index contributed by atoms with van der Waals surface area (Å²) in [5, 5.41) is 3.57. The number of aromatic nitrogens is 1. The maximum Gasteiger partial charge on any atom is 0.0594 e. The molecule has 0 fully saturated rings. The summed E-state index contributed by atoms with van der Waals surface area (Å²) in [6, 6.07) is 11.2. The summed E-state index contributed by atoms with van der Waals surface area (Å²) in [5.41, 5.74) is 5.46. The number of nitrogens with zero attached hydrogens (tertiary/aromatic N) is 1. The van der Waals surface area contributed by atoms with Crippen LogP contribution in [0.2, 0.25) is 0 Å². The van der Waals surface area contributed by atoms with E-state index < -0.39 is 0 Å². The Morgan fingerprint density at radius 1 is 1.29 bits per heavy atom. The highest BCUT2D eigenvalue weighted by molar-refractivity contribution is 5.40. The Morgan fingerprint density at radius 2 is 2.24 bits per heavy atom. The van der Waals surface area contributed by atoms with Crippen LogP contribution in [0.3, 0.4) is 0 Å². The van der Waals surface area contributed by atoms with E-state index in [-0.39, 0.29) is 0 Å². The van der Waals surface area contributed by atoms with Gasteiger partial charge in [-0.1, -0.05) is 29.8 Å². The lowest BCUT2D eigenvalue weighted by Crippen LogP contribution is -2.30. The second-order valence-corrected chi connectivity index (χ2v) is 4.63. The summed E-state index contributed by atoms with van der Waals surface area (Å²) in [6.07, 6.45) is 4.89. The van der Waals surface area contributed by atoms with E-state index >= 15 is 0 Å². The number of hydrogen-bond donors (Lipinski definition) is 1. The zero-order chi connectivity index (χ0) is 11.7. The van der Waals surface area contributed by atoms with Crippen molar-refractivity contribution in [3.63, 3.8) is 0 Å². The van der Waals surface area contributed by atoms with Crippen molar-refractivity contribution in [2.75, 3.05) is 6.54 Å². The smallest absolute Gasteiger partial charge is 0.0594 e. The van der Waals surface area contributed by atoms with Crippen LogP contribution in [0.4, 0.5) is 0 Å². The molecule has 1 aromatic carbocycles. The van der Waals surface area contributed by atoms with E-state index in [4.69, 9.17) is 0 Å². The van der Waals surface area contributed by atoms with Gasteiger partial charge in [0, 0.05) is 18.9 Å². The quantitative estimate of drug-likeness (QED) is 0.805. The second-order valence-electron chi connectivity index (χ2n) is 4.63. The minimum absolute atomic E-state index is 0.299. The molecule has 0 saturated heterocycles. The SMILES string of the molecule is Cc1ccc2c(c1)CCN[C@H]2c1cccnc1. The third-order valence-electron chi connectivity index (χ3n) is 3.37. The number of fused-ring (bicyclic) bond motifs is 1. The first kappa shape index (κ1) is 10.5. The second kappa shape index (κ2) is 4.30. The molecule has 2 aromatic rings. The van der Waals surface area contributed by atoms with Crippen LogP contribution in [0.25, 0.3) is 0 Å². The number of nitrogens with one attached hydrogen (secondary N) is 1. The largest absolute Gasteiger partial charge is 0.306 e. The van der Waals surface area contributed by atoms with Gasteiger partial charge < -0.3 is 5.32 Å². The molecule has 86 valence electrons. The minimum Gasteiger partial charge on any atom is -0.306 e. The zero-order valence-electron chi connectivity index (χ0n) is 9.98. The summed E-state index contributed by atoms with van der Waals surface area (Å²) in [6.45, 7) is 3.19. The van der Waals surface area contributed by atoms with Gasteiger partial charge in [-0.25, -0.2) is 0 Å². The molecule has 0 aliphatic carbocycles. The highest BCUT2D eigenvalue weighted by atomic mass is 14.9. The van der Waals surface area contributed by atoms with Gasteiger partial charge in [-0.05, 0) is 36.1 Å². The Hall–Kier alpha value is -1.67. The van der Waals surface area contributed by atoms with Gasteiger partial charge in [-0.2, -0.15) is 0 Å². The van der Waals surface area contributed by atoms with Gasteiger partial charge in [0.25, 0.3) is 0 Å². The number of rotatable bonds is 1. The lowest BCUT2D eigenvalue weighted by Gasteiger charge is -2.27. The van der Waals surface area contributed by atoms with E-state index in [2.05, 4.69) is 41.5 Å². The number of pyridine rings is 1. The standard InChI is InChI=1S/C15H16N2/c1-11-4-5-14-12(9-11)6-8-17-15(14)13-3-2-7-16-10-13/h2-5,7,9-10,15,17H,6,8H2,1H3/t15-/m0/s1. The van der Waals surface area contributed by atoms with Gasteiger partial charge in [0.05, 0.1) is 6.04 Å². The normalized spacial score (nSPS) is 18.8. The Balaban J connectivity index is 2.06. The molecule has 0 saturated carbocycles. The topological polar surface area (TPSA) is 24.9 Å². The molecule has 17 heavy (non-hydrogen) atoms. The first-order valence-corrected chi connectivity index (χ1v) is 6.07. The van der Waals surface area contributed by atoms with Crippen molar-refractivity contribution >= 4 is 0 Å². The van der Waals surface area contributed by atoms with Crippen LogP contribution in [0.15, 0.2) is 42.7 Å². The third-order valence-corrected chi connectivity index (χ3v) is 3.37. The average molecular weight is 224 g/mol. The maximum absolute atomic E-state index is 4.21. The summed E-state index contributed by atoms with van der Waals surface area (Å²) in [7, 11) is 0. The first-order chi connectivity index (χ1) is 8.34. The molecule has 2 heterocycles. The predicted molar refractivity (Wildman–Crippen MR) is 69.0 cm³/mol. The number of aryl methyl sites for hydroxylation is 1. The van der Waals surface area contributed by atoms with Crippen molar-refractivity contribution in [2.45, 2.75) is 19.4 Å². The fourth-order valence-electron chi connectivity index (χ4n) is 2.54. The molecular weight excluding hydrogens is 208 g/mol. The molecule has 3 rings (SSSR count). The number of hydrogen-bond acceptors (Lipinski definition) is 2. The maximum atomic E-state index is 4.21. The molecule has 1 aliphatic rings. The van der Waals surface area contributed by atoms with Gasteiger partial charge in [0.2, 0.25) is 0 Å². The summed E-state index contributed by atoms with van der Waals surface area (Å²) < 4.78 is 0. The molecule has 0 radical (unpaired) electrons. The van der Waals surface area contributed by atoms with Crippen molar-refractivity contribution in [1.29, 1.82) is 0 Å². The molecule has 1 aliphatic heterocycles. The Labute approximate surface area is 102 Å². The van der Waals surface area contributed by atoms with E-state index in [1.807, 2.05) is 18.5 Å². The Morgan fingerprint density at radius 3 is 3.06 bits per heavy atom. The van der Waals surface area contributed by atoms with Crippen LogP contribution in [0.1, 0.15) is 28.3 Å². The molecule has 2 heteroatoms. The summed E-state index contributed by atoms with van der Waals surface area (Å²) >= 11 is 0. The molecule has 1 N–H and O–H groups in total. The molecule has 2 nitrogen and oxygen atoms in total. The van der Waals surface area contributed by atoms with Crippen molar-refractivity contribution in [3.05, 3.63) is 65.0 Å². The van der Waals surface area contributed by atoms with Crippen LogP contribution in [-0.4, -0.2) is 11.5 Å². The van der Waals surface area contributed by atoms with Crippen LogP contribution in [0.5, 0.6) is 0 Å². The number of benzene rings is 1. The van der Waals surface area contributed by atoms with Crippen LogP contribution in [0, 0.1) is 6.92 Å². The van der Waals surface area contributed by atoms with E-state index in [0.29, 0.717) is 6.04 Å². The van der Waals surface area contributed by atoms with E-state index in [1.54, 1.807) is 0 Å². The van der Waals surface area contributed by atoms with E-state index in [1.165, 1.54) is 22.3 Å². The third kappa shape index (κ3) is 1.96. The van der Waals surface area contributed by atoms with Gasteiger partial charge in [-0.3, -0.25) is 4.98 Å². The monoisotopic (exact) mass is 224 g/mol.